The lowest BCUT2D eigenvalue weighted by Crippen LogP contribution is -2.33. The highest BCUT2D eigenvalue weighted by molar-refractivity contribution is 5.83. The number of aromatic amines is 1. The minimum absolute atomic E-state index is 0.651. The number of nitrogens with one attached hydrogen (secondary N) is 1. The monoisotopic (exact) mass is 253 g/mol. The molecule has 1 aromatic heterocycles. The number of fused-ring (bicyclic) bond motifs is 1. The highest BCUT2D eigenvalue weighted by Crippen LogP contribution is 2.32. The van der Waals surface area contributed by atoms with E-state index in [1.165, 1.54) is 29.3 Å². The second-order valence-electron chi connectivity index (χ2n) is 5.31. The van der Waals surface area contributed by atoms with Crippen LogP contribution in [0, 0.1) is 11.3 Å². The fourth-order valence-electron chi connectivity index (χ4n) is 3.11. The number of nitrogens with zero attached hydrogens (tertiary/aromatic N) is 2. The van der Waals surface area contributed by atoms with Crippen molar-refractivity contribution < 1.29 is 0 Å². The summed E-state index contributed by atoms with van der Waals surface area (Å²) < 4.78 is 0. The molecule has 0 atom stereocenters. The van der Waals surface area contributed by atoms with Gasteiger partial charge in [0.05, 0.1) is 6.07 Å². The van der Waals surface area contributed by atoms with Crippen LogP contribution < -0.4 is 0 Å². The van der Waals surface area contributed by atoms with Gasteiger partial charge in [0, 0.05) is 30.1 Å². The standard InChI is InChI=1S/C16H19N3/c17-8-3-9-19-10-6-13(7-11-19)15-12-18-16-5-2-1-4-14(15)16/h1-2,4-5,12-13,18H,3,6-7,9-11H2. The smallest absolute Gasteiger partial charge is 0.0635 e. The molecule has 0 amide bonds. The van der Waals surface area contributed by atoms with Gasteiger partial charge in [-0.15, -0.1) is 0 Å². The fourth-order valence-corrected chi connectivity index (χ4v) is 3.11. The molecule has 0 unspecified atom stereocenters. The number of hydrogen-bond acceptors (Lipinski definition) is 2. The molecule has 98 valence electrons. The van der Waals surface area contributed by atoms with Crippen LogP contribution in [0.2, 0.25) is 0 Å². The number of H-pyrrole nitrogens is 1. The molecule has 0 radical (unpaired) electrons. The molecule has 3 heteroatoms. The number of nitriles is 1. The van der Waals surface area contributed by atoms with E-state index in [0.717, 1.165) is 19.6 Å². The quantitative estimate of drug-likeness (QED) is 0.912. The van der Waals surface area contributed by atoms with Crippen molar-refractivity contribution in [1.82, 2.24) is 9.88 Å². The maximum absolute atomic E-state index is 8.64. The van der Waals surface area contributed by atoms with Crippen molar-refractivity contribution in [3.8, 4) is 6.07 Å². The van der Waals surface area contributed by atoms with Gasteiger partial charge in [-0.25, -0.2) is 0 Å². The van der Waals surface area contributed by atoms with Crippen LogP contribution in [0.25, 0.3) is 10.9 Å². The van der Waals surface area contributed by atoms with Gasteiger partial charge >= 0.3 is 0 Å². The molecule has 0 bridgehead atoms. The Morgan fingerprint density at radius 1 is 1.26 bits per heavy atom. The summed E-state index contributed by atoms with van der Waals surface area (Å²) >= 11 is 0. The van der Waals surface area contributed by atoms with E-state index in [2.05, 4.69) is 46.4 Å². The third-order valence-corrected chi connectivity index (χ3v) is 4.19. The van der Waals surface area contributed by atoms with Crippen LogP contribution in [0.4, 0.5) is 0 Å². The van der Waals surface area contributed by atoms with Crippen molar-refractivity contribution in [2.24, 2.45) is 0 Å². The van der Waals surface area contributed by atoms with Gasteiger partial charge in [0.2, 0.25) is 0 Å². The molecular formula is C16H19N3. The molecular weight excluding hydrogens is 234 g/mol. The summed E-state index contributed by atoms with van der Waals surface area (Å²) in [7, 11) is 0. The van der Waals surface area contributed by atoms with Crippen molar-refractivity contribution in [2.45, 2.75) is 25.2 Å². The summed E-state index contributed by atoms with van der Waals surface area (Å²) in [5.41, 5.74) is 2.71. The first kappa shape index (κ1) is 12.3. The highest BCUT2D eigenvalue weighted by atomic mass is 15.1. The normalized spacial score (nSPS) is 17.6. The van der Waals surface area contributed by atoms with Gasteiger partial charge in [0.15, 0.2) is 0 Å². The minimum Gasteiger partial charge on any atom is -0.361 e. The molecule has 1 fully saturated rings. The lowest BCUT2D eigenvalue weighted by atomic mass is 9.89. The Bertz CT molecular complexity index is 585. The predicted molar refractivity (Wildman–Crippen MR) is 76.9 cm³/mol. The van der Waals surface area contributed by atoms with E-state index >= 15 is 0 Å². The first-order chi connectivity index (χ1) is 9.38. The van der Waals surface area contributed by atoms with E-state index in [0.29, 0.717) is 12.3 Å². The average molecular weight is 253 g/mol. The Morgan fingerprint density at radius 2 is 2.05 bits per heavy atom. The molecule has 1 aliphatic heterocycles. The van der Waals surface area contributed by atoms with E-state index in [1.807, 2.05) is 0 Å². The molecule has 19 heavy (non-hydrogen) atoms. The Labute approximate surface area is 113 Å². The van der Waals surface area contributed by atoms with Gasteiger partial charge in [-0.2, -0.15) is 5.26 Å². The van der Waals surface area contributed by atoms with E-state index < -0.39 is 0 Å². The second-order valence-corrected chi connectivity index (χ2v) is 5.31. The lowest BCUT2D eigenvalue weighted by molar-refractivity contribution is 0.217. The fraction of sp³-hybridized carbons (Fsp3) is 0.438. The maximum Gasteiger partial charge on any atom is 0.0635 e. The van der Waals surface area contributed by atoms with Crippen LogP contribution >= 0.6 is 0 Å². The lowest BCUT2D eigenvalue weighted by Gasteiger charge is -2.31. The summed E-state index contributed by atoms with van der Waals surface area (Å²) in [6.07, 6.45) is 5.23. The molecule has 0 saturated carbocycles. The highest BCUT2D eigenvalue weighted by Gasteiger charge is 2.22. The zero-order valence-electron chi connectivity index (χ0n) is 11.1. The molecule has 2 aromatic rings. The number of piperidine rings is 1. The van der Waals surface area contributed by atoms with Gasteiger partial charge in [-0.05, 0) is 43.5 Å². The summed E-state index contributed by atoms with van der Waals surface area (Å²) in [5.74, 6) is 0.662. The van der Waals surface area contributed by atoms with E-state index in [9.17, 15) is 0 Å². The average Bonchev–Trinajstić information content (AvgIpc) is 2.90. The molecule has 1 aromatic carbocycles. The third kappa shape index (κ3) is 2.50. The van der Waals surface area contributed by atoms with Gasteiger partial charge in [0.1, 0.15) is 0 Å². The van der Waals surface area contributed by atoms with Gasteiger partial charge < -0.3 is 9.88 Å². The summed E-state index contributed by atoms with van der Waals surface area (Å²) in [4.78, 5) is 5.79. The van der Waals surface area contributed by atoms with Crippen molar-refractivity contribution in [1.29, 1.82) is 5.26 Å². The Kier molecular flexibility index (Phi) is 3.52. The Morgan fingerprint density at radius 3 is 2.84 bits per heavy atom. The van der Waals surface area contributed by atoms with Crippen molar-refractivity contribution in [3.05, 3.63) is 36.0 Å². The zero-order valence-corrected chi connectivity index (χ0v) is 11.1. The van der Waals surface area contributed by atoms with E-state index in [-0.39, 0.29) is 0 Å². The van der Waals surface area contributed by atoms with Crippen LogP contribution in [0.5, 0.6) is 0 Å². The summed E-state index contributed by atoms with van der Waals surface area (Å²) in [6.45, 7) is 3.16. The van der Waals surface area contributed by atoms with E-state index in [4.69, 9.17) is 5.26 Å². The number of aromatic nitrogens is 1. The topological polar surface area (TPSA) is 42.8 Å². The molecule has 3 nitrogen and oxygen atoms in total. The molecule has 1 N–H and O–H groups in total. The number of benzene rings is 1. The van der Waals surface area contributed by atoms with Crippen LogP contribution in [0.1, 0.15) is 30.7 Å². The minimum atomic E-state index is 0.651. The summed E-state index contributed by atoms with van der Waals surface area (Å²) in [6, 6.07) is 10.8. The molecule has 0 spiro atoms. The molecule has 2 heterocycles. The third-order valence-electron chi connectivity index (χ3n) is 4.19. The molecule has 0 aliphatic carbocycles. The van der Waals surface area contributed by atoms with E-state index in [1.54, 1.807) is 0 Å². The second kappa shape index (κ2) is 5.46. The van der Waals surface area contributed by atoms with Crippen molar-refractivity contribution >= 4 is 10.9 Å². The zero-order chi connectivity index (χ0) is 13.1. The maximum atomic E-state index is 8.64. The van der Waals surface area contributed by atoms with Crippen LogP contribution in [-0.2, 0) is 0 Å². The number of hydrogen-bond donors (Lipinski definition) is 1. The number of para-hydroxylation sites is 1. The number of rotatable bonds is 3. The van der Waals surface area contributed by atoms with Gasteiger partial charge in [-0.1, -0.05) is 18.2 Å². The van der Waals surface area contributed by atoms with Crippen LogP contribution in [0.3, 0.4) is 0 Å². The number of likely N-dealkylation sites (tertiary alicyclic amines) is 1. The first-order valence-corrected chi connectivity index (χ1v) is 7.04. The van der Waals surface area contributed by atoms with Crippen LogP contribution in [0.15, 0.2) is 30.5 Å². The van der Waals surface area contributed by atoms with Crippen LogP contribution in [-0.4, -0.2) is 29.5 Å². The van der Waals surface area contributed by atoms with Crippen molar-refractivity contribution in [2.75, 3.05) is 19.6 Å². The van der Waals surface area contributed by atoms with Crippen molar-refractivity contribution in [3.63, 3.8) is 0 Å². The van der Waals surface area contributed by atoms with Gasteiger partial charge in [-0.3, -0.25) is 0 Å². The Balaban J connectivity index is 1.70. The SMILES string of the molecule is N#CCCN1CCC(c2c[nH]c3ccccc23)CC1. The summed E-state index contributed by atoms with van der Waals surface area (Å²) in [5, 5.41) is 10.0. The molecule has 1 aliphatic rings. The molecule has 3 rings (SSSR count). The molecule has 1 saturated heterocycles. The Hall–Kier alpha value is -1.79. The van der Waals surface area contributed by atoms with Gasteiger partial charge in [0.25, 0.3) is 0 Å². The first-order valence-electron chi connectivity index (χ1n) is 7.04. The predicted octanol–water partition coefficient (Wildman–Crippen LogP) is 3.26. The largest absolute Gasteiger partial charge is 0.361 e.